The first kappa shape index (κ1) is 18.9. The number of nitrogens with zero attached hydrogens (tertiary/aromatic N) is 3. The fourth-order valence-corrected chi connectivity index (χ4v) is 4.18. The Bertz CT molecular complexity index is 591. The molecule has 1 aliphatic carbocycles. The smallest absolute Gasteiger partial charge is 0.224 e. The summed E-state index contributed by atoms with van der Waals surface area (Å²) in [6.07, 6.45) is 5.03. The maximum absolute atomic E-state index is 12.6. The fraction of sp³-hybridized carbons (Fsp3) is 0.619. The van der Waals surface area contributed by atoms with Gasteiger partial charge in [-0.15, -0.1) is 0 Å². The topological polar surface area (TPSA) is 43.9 Å². The molecule has 142 valence electrons. The number of carbonyl (C=O) groups is 2. The highest BCUT2D eigenvalue weighted by Gasteiger charge is 2.26. The Morgan fingerprint density at radius 1 is 1.04 bits per heavy atom. The van der Waals surface area contributed by atoms with Crippen molar-refractivity contribution < 1.29 is 9.59 Å². The molecule has 2 aliphatic rings. The van der Waals surface area contributed by atoms with E-state index < -0.39 is 0 Å². The quantitative estimate of drug-likeness (QED) is 0.786. The molecule has 0 aromatic heterocycles. The summed E-state index contributed by atoms with van der Waals surface area (Å²) in [6, 6.07) is 10.8. The molecule has 5 heteroatoms. The lowest BCUT2D eigenvalue weighted by Gasteiger charge is -2.35. The van der Waals surface area contributed by atoms with Crippen molar-refractivity contribution in [1.82, 2.24) is 14.7 Å². The standard InChI is InChI=1S/C21H31N3O2/c1-18(25)24(20-9-5-6-10-20)12-11-21(26)23-15-13-22(14-16-23)17-19-7-3-2-4-8-19/h2-4,7-8,20H,5-6,9-17H2,1H3. The molecule has 0 radical (unpaired) electrons. The van der Waals surface area contributed by atoms with Gasteiger partial charge in [0, 0.05) is 58.7 Å². The highest BCUT2D eigenvalue weighted by atomic mass is 16.2. The minimum absolute atomic E-state index is 0.109. The van der Waals surface area contributed by atoms with Crippen LogP contribution in [-0.4, -0.2) is 65.3 Å². The van der Waals surface area contributed by atoms with Crippen LogP contribution < -0.4 is 0 Å². The van der Waals surface area contributed by atoms with Gasteiger partial charge in [0.2, 0.25) is 11.8 Å². The third-order valence-corrected chi connectivity index (χ3v) is 5.71. The summed E-state index contributed by atoms with van der Waals surface area (Å²) >= 11 is 0. The van der Waals surface area contributed by atoms with Gasteiger partial charge in [0.1, 0.15) is 0 Å². The van der Waals surface area contributed by atoms with Gasteiger partial charge in [-0.3, -0.25) is 14.5 Å². The molecule has 0 spiro atoms. The van der Waals surface area contributed by atoms with Gasteiger partial charge in [-0.05, 0) is 18.4 Å². The molecule has 0 bridgehead atoms. The molecule has 3 rings (SSSR count). The summed E-state index contributed by atoms with van der Waals surface area (Å²) in [6.45, 7) is 6.56. The zero-order valence-electron chi connectivity index (χ0n) is 15.9. The van der Waals surface area contributed by atoms with Crippen molar-refractivity contribution in [2.24, 2.45) is 0 Å². The first-order valence-corrected chi connectivity index (χ1v) is 9.95. The Labute approximate surface area is 156 Å². The molecule has 1 aliphatic heterocycles. The second-order valence-electron chi connectivity index (χ2n) is 7.54. The van der Waals surface area contributed by atoms with E-state index in [4.69, 9.17) is 0 Å². The Morgan fingerprint density at radius 2 is 1.69 bits per heavy atom. The SMILES string of the molecule is CC(=O)N(CCC(=O)N1CCN(Cc2ccccc2)CC1)C1CCCC1. The molecule has 2 fully saturated rings. The van der Waals surface area contributed by atoms with Crippen LogP contribution in [0.15, 0.2) is 30.3 Å². The van der Waals surface area contributed by atoms with Crippen LogP contribution in [0.2, 0.25) is 0 Å². The number of benzene rings is 1. The van der Waals surface area contributed by atoms with Crippen molar-refractivity contribution in [3.05, 3.63) is 35.9 Å². The maximum Gasteiger partial charge on any atom is 0.224 e. The minimum Gasteiger partial charge on any atom is -0.340 e. The molecule has 5 nitrogen and oxygen atoms in total. The number of rotatable bonds is 6. The molecule has 1 aromatic rings. The van der Waals surface area contributed by atoms with E-state index in [0.717, 1.165) is 45.6 Å². The summed E-state index contributed by atoms with van der Waals surface area (Å²) < 4.78 is 0. The van der Waals surface area contributed by atoms with E-state index in [1.54, 1.807) is 6.92 Å². The Hall–Kier alpha value is -1.88. The monoisotopic (exact) mass is 357 g/mol. The van der Waals surface area contributed by atoms with E-state index in [2.05, 4.69) is 29.2 Å². The average molecular weight is 357 g/mol. The summed E-state index contributed by atoms with van der Waals surface area (Å²) in [7, 11) is 0. The van der Waals surface area contributed by atoms with Crippen LogP contribution in [0.1, 0.15) is 44.6 Å². The maximum atomic E-state index is 12.6. The first-order valence-electron chi connectivity index (χ1n) is 9.95. The van der Waals surface area contributed by atoms with Crippen LogP contribution in [0.5, 0.6) is 0 Å². The first-order chi connectivity index (χ1) is 12.6. The van der Waals surface area contributed by atoms with E-state index in [0.29, 0.717) is 19.0 Å². The number of piperazine rings is 1. The lowest BCUT2D eigenvalue weighted by Crippen LogP contribution is -2.49. The van der Waals surface area contributed by atoms with E-state index >= 15 is 0 Å². The number of hydrogen-bond acceptors (Lipinski definition) is 3. The Kier molecular flexibility index (Phi) is 6.67. The van der Waals surface area contributed by atoms with Gasteiger partial charge < -0.3 is 9.80 Å². The van der Waals surface area contributed by atoms with E-state index in [9.17, 15) is 9.59 Å². The van der Waals surface area contributed by atoms with Crippen molar-refractivity contribution in [2.45, 2.75) is 51.6 Å². The molecule has 0 atom stereocenters. The summed E-state index contributed by atoms with van der Waals surface area (Å²) in [4.78, 5) is 30.8. The minimum atomic E-state index is 0.109. The normalized spacial score (nSPS) is 18.9. The third-order valence-electron chi connectivity index (χ3n) is 5.71. The van der Waals surface area contributed by atoms with Gasteiger partial charge >= 0.3 is 0 Å². The highest BCUT2D eigenvalue weighted by molar-refractivity contribution is 5.78. The largest absolute Gasteiger partial charge is 0.340 e. The van der Waals surface area contributed by atoms with Gasteiger partial charge in [0.15, 0.2) is 0 Å². The summed E-state index contributed by atoms with van der Waals surface area (Å²) in [5.74, 6) is 0.297. The lowest BCUT2D eigenvalue weighted by atomic mass is 10.1. The predicted octanol–water partition coefficient (Wildman–Crippen LogP) is 2.51. The lowest BCUT2D eigenvalue weighted by molar-refractivity contribution is -0.135. The van der Waals surface area contributed by atoms with Gasteiger partial charge in [0.05, 0.1) is 0 Å². The van der Waals surface area contributed by atoms with E-state index in [1.807, 2.05) is 15.9 Å². The highest BCUT2D eigenvalue weighted by Crippen LogP contribution is 2.24. The van der Waals surface area contributed by atoms with Crippen LogP contribution in [0, 0.1) is 0 Å². The zero-order valence-corrected chi connectivity index (χ0v) is 15.9. The van der Waals surface area contributed by atoms with Crippen molar-refractivity contribution >= 4 is 11.8 Å². The molecular formula is C21H31N3O2. The number of hydrogen-bond donors (Lipinski definition) is 0. The second-order valence-corrected chi connectivity index (χ2v) is 7.54. The average Bonchev–Trinajstić information content (AvgIpc) is 3.17. The van der Waals surface area contributed by atoms with Crippen molar-refractivity contribution in [3.8, 4) is 0 Å². The van der Waals surface area contributed by atoms with Crippen molar-refractivity contribution in [2.75, 3.05) is 32.7 Å². The second kappa shape index (κ2) is 9.17. The molecule has 0 N–H and O–H groups in total. The van der Waals surface area contributed by atoms with E-state index in [-0.39, 0.29) is 11.8 Å². The van der Waals surface area contributed by atoms with Crippen LogP contribution in [0.4, 0.5) is 0 Å². The Balaban J connectivity index is 1.42. The predicted molar refractivity (Wildman–Crippen MR) is 103 cm³/mol. The molecule has 1 saturated carbocycles. The molecule has 1 heterocycles. The molecule has 1 aromatic carbocycles. The van der Waals surface area contributed by atoms with Crippen molar-refractivity contribution in [3.63, 3.8) is 0 Å². The molecule has 0 unspecified atom stereocenters. The van der Waals surface area contributed by atoms with Gasteiger partial charge in [0.25, 0.3) is 0 Å². The van der Waals surface area contributed by atoms with Crippen molar-refractivity contribution in [1.29, 1.82) is 0 Å². The van der Waals surface area contributed by atoms with Gasteiger partial charge in [-0.1, -0.05) is 43.2 Å². The third kappa shape index (κ3) is 5.07. The molecule has 26 heavy (non-hydrogen) atoms. The Morgan fingerprint density at radius 3 is 2.31 bits per heavy atom. The van der Waals surface area contributed by atoms with Crippen LogP contribution >= 0.6 is 0 Å². The van der Waals surface area contributed by atoms with Crippen LogP contribution in [0.3, 0.4) is 0 Å². The number of amides is 2. The zero-order chi connectivity index (χ0) is 18.4. The summed E-state index contributed by atoms with van der Waals surface area (Å²) in [5.41, 5.74) is 1.32. The van der Waals surface area contributed by atoms with Gasteiger partial charge in [-0.25, -0.2) is 0 Å². The van der Waals surface area contributed by atoms with Gasteiger partial charge in [-0.2, -0.15) is 0 Å². The molecular weight excluding hydrogens is 326 g/mol. The van der Waals surface area contributed by atoms with Crippen LogP contribution in [-0.2, 0) is 16.1 Å². The summed E-state index contributed by atoms with van der Waals surface area (Å²) in [5, 5.41) is 0. The number of carbonyl (C=O) groups excluding carboxylic acids is 2. The van der Waals surface area contributed by atoms with E-state index in [1.165, 1.54) is 18.4 Å². The molecule has 2 amide bonds. The van der Waals surface area contributed by atoms with Crippen LogP contribution in [0.25, 0.3) is 0 Å². The molecule has 1 saturated heterocycles. The fourth-order valence-electron chi connectivity index (χ4n) is 4.18.